The maximum atomic E-state index is 7.65. The molecule has 4 nitrogen and oxygen atoms in total. The maximum Gasteiger partial charge on any atom is 0.262 e. The largest absolute Gasteiger partial charge is 0.440 e. The van der Waals surface area contributed by atoms with Crippen LogP contribution >= 0.6 is 45.3 Å². The fourth-order valence-electron chi connectivity index (χ4n) is 13.7. The Hall–Kier alpha value is -8.44. The molecule has 0 bridgehead atoms. The Labute approximate surface area is 516 Å². The number of rotatable bonds is 7. The molecule has 2 aliphatic rings. The van der Waals surface area contributed by atoms with Crippen molar-refractivity contribution >= 4 is 165 Å². The Bertz CT molecular complexity index is 4790. The normalized spacial score (nSPS) is 13.4. The highest BCUT2D eigenvalue weighted by Gasteiger charge is 2.49. The van der Waals surface area contributed by atoms with Crippen molar-refractivity contribution in [1.29, 1.82) is 0 Å². The molecule has 0 aliphatic carbocycles. The molecule has 0 atom stereocenters. The van der Waals surface area contributed by atoms with Crippen LogP contribution in [0.1, 0.15) is 78.0 Å². The number of anilines is 6. The van der Waals surface area contributed by atoms with Crippen molar-refractivity contribution in [2.75, 3.05) is 9.80 Å². The lowest BCUT2D eigenvalue weighted by molar-refractivity contribution is 0.589. The van der Waals surface area contributed by atoms with Crippen molar-refractivity contribution < 1.29 is 8.83 Å². The first-order valence-corrected chi connectivity index (χ1v) is 33.3. The van der Waals surface area contributed by atoms with Crippen LogP contribution in [0.25, 0.3) is 107 Å². The van der Waals surface area contributed by atoms with E-state index in [1.54, 1.807) is 0 Å². The van der Waals surface area contributed by atoms with Gasteiger partial charge >= 0.3 is 0 Å². The fourth-order valence-corrected chi connectivity index (χ4v) is 17.6. The Morgan fingerprint density at radius 1 is 0.372 bits per heavy atom. The van der Waals surface area contributed by atoms with Crippen LogP contribution in [-0.4, -0.2) is 6.71 Å². The van der Waals surface area contributed by atoms with Gasteiger partial charge in [-0.25, -0.2) is 0 Å². The summed E-state index contributed by atoms with van der Waals surface area (Å²) in [7, 11) is 0. The lowest BCUT2D eigenvalue weighted by Crippen LogP contribution is -2.60. The summed E-state index contributed by atoms with van der Waals surface area (Å²) in [6.07, 6.45) is 0. The van der Waals surface area contributed by atoms with E-state index in [9.17, 15) is 0 Å². The summed E-state index contributed by atoms with van der Waals surface area (Å²) in [6, 6.07) is 68.8. The van der Waals surface area contributed by atoms with E-state index in [0.717, 1.165) is 67.4 Å². The van der Waals surface area contributed by atoms with Crippen LogP contribution in [-0.2, 0) is 10.8 Å². The zero-order valence-electron chi connectivity index (χ0n) is 49.1. The van der Waals surface area contributed by atoms with Crippen molar-refractivity contribution in [1.82, 2.24) is 0 Å². The number of hydrogen-bond acceptors (Lipinski definition) is 8. The van der Waals surface area contributed by atoms with Gasteiger partial charge in [-0.15, -0.1) is 45.3 Å². The van der Waals surface area contributed by atoms with E-state index in [0.29, 0.717) is 0 Å². The number of furan rings is 2. The van der Waals surface area contributed by atoms with E-state index in [-0.39, 0.29) is 23.5 Å². The zero-order chi connectivity index (χ0) is 58.1. The molecule has 0 spiro atoms. The molecule has 416 valence electrons. The average molecular weight is 1180 g/mol. The van der Waals surface area contributed by atoms with Crippen LogP contribution in [0.4, 0.5) is 34.5 Å². The number of hydrogen-bond donors (Lipinski definition) is 0. The molecule has 15 aromatic rings. The third-order valence-electron chi connectivity index (χ3n) is 18.2. The Morgan fingerprint density at radius 3 is 1.03 bits per heavy atom. The highest BCUT2D eigenvalue weighted by atomic mass is 32.1. The van der Waals surface area contributed by atoms with Gasteiger partial charge in [0.2, 0.25) is 11.8 Å². The molecule has 86 heavy (non-hydrogen) atoms. The highest BCUT2D eigenvalue weighted by molar-refractivity contribution is 7.19. The number of fused-ring (bicyclic) bond motifs is 12. The van der Waals surface area contributed by atoms with Gasteiger partial charge in [-0.2, -0.15) is 0 Å². The maximum absolute atomic E-state index is 7.65. The summed E-state index contributed by atoms with van der Waals surface area (Å²) in [4.78, 5) is 5.01. The van der Waals surface area contributed by atoms with Gasteiger partial charge in [0.15, 0.2) is 0 Å². The van der Waals surface area contributed by atoms with Crippen LogP contribution in [0.2, 0.25) is 0 Å². The van der Waals surface area contributed by atoms with Crippen LogP contribution < -0.4 is 26.2 Å². The Kier molecular flexibility index (Phi) is 11.5. The van der Waals surface area contributed by atoms with E-state index in [2.05, 4.69) is 269 Å². The van der Waals surface area contributed by atoms with Gasteiger partial charge < -0.3 is 8.83 Å². The summed E-state index contributed by atoms with van der Waals surface area (Å²) in [5.41, 5.74) is 22.6. The molecule has 0 radical (unpaired) electrons. The van der Waals surface area contributed by atoms with Crippen LogP contribution in [0.3, 0.4) is 0 Å². The van der Waals surface area contributed by atoms with Crippen molar-refractivity contribution in [2.45, 2.75) is 72.1 Å². The fraction of sp³-hybridized carbons (Fsp3) is 0.143. The molecule has 0 unspecified atom stereocenters. The summed E-state index contributed by atoms with van der Waals surface area (Å²) >= 11 is 7.24. The van der Waals surface area contributed by atoms with E-state index >= 15 is 0 Å². The van der Waals surface area contributed by atoms with Gasteiger partial charge in [0.1, 0.15) is 11.2 Å². The predicted molar refractivity (Wildman–Crippen MR) is 375 cm³/mol. The predicted octanol–water partition coefficient (Wildman–Crippen LogP) is 22.5. The van der Waals surface area contributed by atoms with Crippen LogP contribution in [0, 0.1) is 0 Å². The molecule has 9 aromatic carbocycles. The van der Waals surface area contributed by atoms with Crippen LogP contribution in [0.5, 0.6) is 0 Å². The van der Waals surface area contributed by atoms with Gasteiger partial charge in [0.05, 0.1) is 11.4 Å². The molecular formula is C77H59BN2O2S4. The highest BCUT2D eigenvalue weighted by Crippen LogP contribution is 2.53. The van der Waals surface area contributed by atoms with Gasteiger partial charge in [0.25, 0.3) is 6.71 Å². The number of thiophene rings is 4. The van der Waals surface area contributed by atoms with E-state index in [1.165, 1.54) is 107 Å². The topological polar surface area (TPSA) is 32.8 Å². The summed E-state index contributed by atoms with van der Waals surface area (Å²) in [5, 5.41) is 16.7. The van der Waals surface area contributed by atoms with Crippen molar-refractivity contribution in [3.63, 3.8) is 0 Å². The summed E-state index contributed by atoms with van der Waals surface area (Å²) in [5.74, 6) is 1.84. The third-order valence-corrected chi connectivity index (χ3v) is 22.1. The number of nitrogens with zero attached hydrogens (tertiary/aromatic N) is 2. The monoisotopic (exact) mass is 1180 g/mol. The van der Waals surface area contributed by atoms with Gasteiger partial charge in [-0.1, -0.05) is 140 Å². The van der Waals surface area contributed by atoms with E-state index in [1.807, 2.05) is 45.3 Å². The first-order valence-electron chi connectivity index (χ1n) is 29.8. The second kappa shape index (κ2) is 19.0. The minimum atomic E-state index is -0.278. The minimum Gasteiger partial charge on any atom is -0.440 e. The van der Waals surface area contributed by atoms with Gasteiger partial charge in [-0.05, 0) is 180 Å². The molecule has 17 rings (SSSR count). The molecule has 9 heteroatoms. The van der Waals surface area contributed by atoms with Crippen LogP contribution in [0.15, 0.2) is 212 Å². The summed E-state index contributed by atoms with van der Waals surface area (Å²) in [6.45, 7) is 18.3. The first-order chi connectivity index (χ1) is 41.7. The van der Waals surface area contributed by atoms with Crippen molar-refractivity contribution in [3.05, 3.63) is 220 Å². The third kappa shape index (κ3) is 7.97. The molecule has 0 saturated carbocycles. The molecule has 0 N–H and O–H groups in total. The molecule has 8 heterocycles. The van der Waals surface area contributed by atoms with Gasteiger partial charge in [-0.3, -0.25) is 9.80 Å². The Balaban J connectivity index is 1.02. The lowest BCUT2D eigenvalue weighted by Gasteiger charge is -2.41. The second-order valence-electron chi connectivity index (χ2n) is 25.9. The first kappa shape index (κ1) is 51.9. The molecule has 0 saturated heterocycles. The molecule has 0 amide bonds. The second-order valence-corrected chi connectivity index (χ2v) is 29.6. The zero-order valence-corrected chi connectivity index (χ0v) is 52.4. The standard InChI is InChI=1S/C77H59BN2O2S4/c1-43(2)44-35-63-73-64(36-44)80(52-33-47(61-41-85-69-23-15-11-19-55(61)69)30-48(34-52)62-42-86-70-24-16-12-20-56(62)70)75-72(58-38-50(77(6,7)8)26-28-66(58)82-75)78(73)71-57-37-49(76(3,4)5)25-27-65(57)81-74(71)79(63)51-31-45(59-39-83-67-21-13-9-17-53(59)67)29-46(32-51)60-40-84-68-22-14-10-18-54(60)68/h9-43H,1-8H3. The molecule has 2 aliphatic heterocycles. The SMILES string of the molecule is CC(C)c1cc2c3c(c1)N(c1cc(-c4csc5ccccc45)cc(-c4csc5ccccc45)c1)c1oc4ccc(C(C)(C)C)cc4c1B3c1c(oc3ccc(C(C)(C)C)cc13)N2c1cc(-c2csc3ccccc23)cc(-c2csc3ccccc23)c1. The Morgan fingerprint density at radius 2 is 0.709 bits per heavy atom. The minimum absolute atomic E-state index is 0.124. The summed E-state index contributed by atoms with van der Waals surface area (Å²) < 4.78 is 20.4. The molecular weight excluding hydrogens is 1120 g/mol. The number of benzene rings is 9. The lowest BCUT2D eigenvalue weighted by atomic mass is 9.33. The smallest absolute Gasteiger partial charge is 0.262 e. The van der Waals surface area contributed by atoms with Crippen molar-refractivity contribution in [3.8, 4) is 44.5 Å². The van der Waals surface area contributed by atoms with Crippen molar-refractivity contribution in [2.24, 2.45) is 0 Å². The van der Waals surface area contributed by atoms with E-state index in [4.69, 9.17) is 8.83 Å². The molecule has 6 aromatic heterocycles. The van der Waals surface area contributed by atoms with E-state index < -0.39 is 0 Å². The quantitative estimate of drug-likeness (QED) is 0.149. The molecule has 0 fully saturated rings. The average Bonchev–Trinajstić information content (AvgIpc) is 1.38. The van der Waals surface area contributed by atoms with Gasteiger partial charge in [0, 0.05) is 95.7 Å².